The number of rotatable bonds is 6. The van der Waals surface area contributed by atoms with Crippen molar-refractivity contribution in [3.05, 3.63) is 0 Å². The Morgan fingerprint density at radius 1 is 1.05 bits per heavy atom. The van der Waals surface area contributed by atoms with E-state index in [0.717, 1.165) is 37.2 Å². The molecule has 5 heteroatoms. The Morgan fingerprint density at radius 3 is 2.18 bits per heavy atom. The summed E-state index contributed by atoms with van der Waals surface area (Å²) in [6.07, 6.45) is 7.20. The van der Waals surface area contributed by atoms with Crippen LogP contribution in [-0.4, -0.2) is 37.0 Å². The smallest absolute Gasteiger partial charge is 0.242 e. The SMILES string of the molecule is CCNC(=NCC(=O)NC1CC1)NC1CCC(C(C)C)CC1. The summed E-state index contributed by atoms with van der Waals surface area (Å²) in [5, 5.41) is 9.72. The summed E-state index contributed by atoms with van der Waals surface area (Å²) in [6.45, 7) is 7.73. The Morgan fingerprint density at radius 2 is 1.64 bits per heavy atom. The number of nitrogens with one attached hydrogen (secondary N) is 3. The molecule has 0 atom stereocenters. The summed E-state index contributed by atoms with van der Waals surface area (Å²) in [5.74, 6) is 2.46. The Hall–Kier alpha value is -1.26. The normalized spacial score (nSPS) is 25.9. The monoisotopic (exact) mass is 308 g/mol. The van der Waals surface area contributed by atoms with Crippen LogP contribution in [0.1, 0.15) is 59.3 Å². The standard InChI is InChI=1S/C17H32N4O/c1-4-18-17(19-11-16(22)20-14-9-10-14)21-15-7-5-13(6-8-15)12(2)3/h12-15H,4-11H2,1-3H3,(H,20,22)(H2,18,19,21). The molecule has 126 valence electrons. The molecule has 0 radical (unpaired) electrons. The molecule has 0 unspecified atom stereocenters. The van der Waals surface area contributed by atoms with E-state index in [1.807, 2.05) is 0 Å². The summed E-state index contributed by atoms with van der Waals surface area (Å²) < 4.78 is 0. The Kier molecular flexibility index (Phi) is 6.52. The van der Waals surface area contributed by atoms with Crippen LogP contribution in [0.15, 0.2) is 4.99 Å². The number of hydrogen-bond acceptors (Lipinski definition) is 2. The lowest BCUT2D eigenvalue weighted by atomic mass is 9.80. The quantitative estimate of drug-likeness (QED) is 0.520. The summed E-state index contributed by atoms with van der Waals surface area (Å²) in [5.41, 5.74) is 0. The zero-order valence-electron chi connectivity index (χ0n) is 14.3. The summed E-state index contributed by atoms with van der Waals surface area (Å²) >= 11 is 0. The van der Waals surface area contributed by atoms with Gasteiger partial charge in [0.15, 0.2) is 5.96 Å². The van der Waals surface area contributed by atoms with E-state index in [1.165, 1.54) is 25.7 Å². The van der Waals surface area contributed by atoms with Crippen molar-refractivity contribution in [3.63, 3.8) is 0 Å². The van der Waals surface area contributed by atoms with E-state index in [0.29, 0.717) is 12.1 Å². The average molecular weight is 308 g/mol. The molecule has 0 heterocycles. The van der Waals surface area contributed by atoms with E-state index in [4.69, 9.17) is 0 Å². The van der Waals surface area contributed by atoms with E-state index in [-0.39, 0.29) is 12.5 Å². The molecule has 2 rings (SSSR count). The molecule has 0 saturated heterocycles. The molecule has 0 aliphatic heterocycles. The van der Waals surface area contributed by atoms with Gasteiger partial charge in [-0.15, -0.1) is 0 Å². The highest BCUT2D eigenvalue weighted by Crippen LogP contribution is 2.29. The lowest BCUT2D eigenvalue weighted by Gasteiger charge is -2.32. The number of amides is 1. The third kappa shape index (κ3) is 5.85. The Bertz CT molecular complexity index is 382. The highest BCUT2D eigenvalue weighted by molar-refractivity contribution is 5.85. The molecule has 2 saturated carbocycles. The number of carbonyl (C=O) groups is 1. The van der Waals surface area contributed by atoms with Crippen LogP contribution in [-0.2, 0) is 4.79 Å². The lowest BCUT2D eigenvalue weighted by Crippen LogP contribution is -2.45. The maximum Gasteiger partial charge on any atom is 0.242 e. The fourth-order valence-electron chi connectivity index (χ4n) is 3.10. The van der Waals surface area contributed by atoms with Crippen molar-refractivity contribution in [2.45, 2.75) is 71.4 Å². The van der Waals surface area contributed by atoms with Gasteiger partial charge in [0.05, 0.1) is 0 Å². The zero-order valence-corrected chi connectivity index (χ0v) is 14.3. The van der Waals surface area contributed by atoms with Crippen LogP contribution < -0.4 is 16.0 Å². The first kappa shape index (κ1) is 17.1. The molecule has 2 fully saturated rings. The summed E-state index contributed by atoms with van der Waals surface area (Å²) in [6, 6.07) is 0.892. The first-order chi connectivity index (χ1) is 10.6. The van der Waals surface area contributed by atoms with Gasteiger partial charge in [-0.2, -0.15) is 0 Å². The zero-order chi connectivity index (χ0) is 15.9. The van der Waals surface area contributed by atoms with Crippen molar-refractivity contribution in [1.29, 1.82) is 0 Å². The van der Waals surface area contributed by atoms with Gasteiger partial charge in [-0.1, -0.05) is 13.8 Å². The molecule has 0 bridgehead atoms. The van der Waals surface area contributed by atoms with Gasteiger partial charge in [-0.3, -0.25) is 4.79 Å². The van der Waals surface area contributed by atoms with Crippen LogP contribution in [0.4, 0.5) is 0 Å². The van der Waals surface area contributed by atoms with Gasteiger partial charge < -0.3 is 16.0 Å². The van der Waals surface area contributed by atoms with E-state index >= 15 is 0 Å². The van der Waals surface area contributed by atoms with Crippen molar-refractivity contribution in [3.8, 4) is 0 Å². The van der Waals surface area contributed by atoms with Crippen LogP contribution in [0.5, 0.6) is 0 Å². The van der Waals surface area contributed by atoms with Gasteiger partial charge in [0.1, 0.15) is 6.54 Å². The molecular formula is C17H32N4O. The summed E-state index contributed by atoms with van der Waals surface area (Å²) in [7, 11) is 0. The molecule has 1 amide bonds. The molecule has 2 aliphatic carbocycles. The van der Waals surface area contributed by atoms with Crippen molar-refractivity contribution in [2.24, 2.45) is 16.8 Å². The van der Waals surface area contributed by atoms with Crippen LogP contribution >= 0.6 is 0 Å². The first-order valence-electron chi connectivity index (χ1n) is 8.92. The van der Waals surface area contributed by atoms with Crippen LogP contribution in [0.25, 0.3) is 0 Å². The fraction of sp³-hybridized carbons (Fsp3) is 0.882. The second-order valence-electron chi connectivity index (χ2n) is 7.04. The molecule has 5 nitrogen and oxygen atoms in total. The summed E-state index contributed by atoms with van der Waals surface area (Å²) in [4.78, 5) is 16.2. The number of hydrogen-bond donors (Lipinski definition) is 3. The van der Waals surface area contributed by atoms with Crippen LogP contribution in [0.3, 0.4) is 0 Å². The fourth-order valence-corrected chi connectivity index (χ4v) is 3.10. The topological polar surface area (TPSA) is 65.5 Å². The van der Waals surface area contributed by atoms with E-state index in [1.54, 1.807) is 0 Å². The van der Waals surface area contributed by atoms with E-state index < -0.39 is 0 Å². The predicted molar refractivity (Wildman–Crippen MR) is 90.9 cm³/mol. The number of carbonyl (C=O) groups excluding carboxylic acids is 1. The van der Waals surface area contributed by atoms with Crippen LogP contribution in [0.2, 0.25) is 0 Å². The largest absolute Gasteiger partial charge is 0.357 e. The second-order valence-corrected chi connectivity index (χ2v) is 7.04. The van der Waals surface area contributed by atoms with Crippen molar-refractivity contribution in [1.82, 2.24) is 16.0 Å². The predicted octanol–water partition coefficient (Wildman–Crippen LogP) is 2.03. The highest BCUT2D eigenvalue weighted by atomic mass is 16.2. The van der Waals surface area contributed by atoms with Crippen molar-refractivity contribution < 1.29 is 4.79 Å². The molecule has 22 heavy (non-hydrogen) atoms. The third-order valence-electron chi connectivity index (χ3n) is 4.72. The van der Waals surface area contributed by atoms with Crippen LogP contribution in [0, 0.1) is 11.8 Å². The van der Waals surface area contributed by atoms with Crippen molar-refractivity contribution >= 4 is 11.9 Å². The molecule has 2 aliphatic rings. The van der Waals surface area contributed by atoms with Gasteiger partial charge in [0, 0.05) is 18.6 Å². The van der Waals surface area contributed by atoms with Crippen molar-refractivity contribution in [2.75, 3.05) is 13.1 Å². The van der Waals surface area contributed by atoms with Gasteiger partial charge in [-0.05, 0) is 57.3 Å². The first-order valence-corrected chi connectivity index (χ1v) is 8.92. The number of aliphatic imine (C=N–C) groups is 1. The minimum atomic E-state index is 0.0308. The minimum absolute atomic E-state index is 0.0308. The maximum absolute atomic E-state index is 11.7. The van der Waals surface area contributed by atoms with E-state index in [9.17, 15) is 4.79 Å². The average Bonchev–Trinajstić information content (AvgIpc) is 3.29. The minimum Gasteiger partial charge on any atom is -0.357 e. The number of nitrogens with zero attached hydrogens (tertiary/aromatic N) is 1. The molecule has 0 spiro atoms. The maximum atomic E-state index is 11.7. The molecule has 0 aromatic carbocycles. The molecule has 0 aromatic rings. The second kappa shape index (κ2) is 8.39. The van der Waals surface area contributed by atoms with Gasteiger partial charge in [0.25, 0.3) is 0 Å². The molecule has 3 N–H and O–H groups in total. The Balaban J connectivity index is 1.76. The van der Waals surface area contributed by atoms with E-state index in [2.05, 4.69) is 41.7 Å². The lowest BCUT2D eigenvalue weighted by molar-refractivity contribution is -0.119. The number of guanidine groups is 1. The molecule has 0 aromatic heterocycles. The van der Waals surface area contributed by atoms with Gasteiger partial charge in [-0.25, -0.2) is 4.99 Å². The molecular weight excluding hydrogens is 276 g/mol. The third-order valence-corrected chi connectivity index (χ3v) is 4.72. The Labute approximate surface area is 134 Å². The van der Waals surface area contributed by atoms with Gasteiger partial charge >= 0.3 is 0 Å². The van der Waals surface area contributed by atoms with Gasteiger partial charge in [0.2, 0.25) is 5.91 Å². The highest BCUT2D eigenvalue weighted by Gasteiger charge is 2.24.